The number of rotatable bonds is 64. The molecular weight excluding hydrogens is 1140 g/mol. The summed E-state index contributed by atoms with van der Waals surface area (Å²) < 4.78 is 68.1. The van der Waals surface area contributed by atoms with E-state index < -0.39 is 97.5 Å². The summed E-state index contributed by atoms with van der Waals surface area (Å²) in [4.78, 5) is 72.3. The van der Waals surface area contributed by atoms with Gasteiger partial charge in [-0.1, -0.05) is 274 Å². The summed E-state index contributed by atoms with van der Waals surface area (Å²) in [5.41, 5.74) is 0. The molecule has 5 atom stereocenters. The van der Waals surface area contributed by atoms with Crippen LogP contribution in [0.3, 0.4) is 0 Å². The largest absolute Gasteiger partial charge is 0.472 e. The van der Waals surface area contributed by atoms with Gasteiger partial charge in [-0.25, -0.2) is 9.13 Å². The first kappa shape index (κ1) is 84.1. The topological polar surface area (TPSA) is 237 Å². The molecule has 0 aromatic heterocycles. The van der Waals surface area contributed by atoms with Gasteiger partial charge < -0.3 is 33.8 Å². The number of carbonyl (C=O) groups is 4. The Morgan fingerprint density at radius 3 is 0.721 bits per heavy atom. The SMILES string of the molecule is CC(C)CCCCCCCCCCCCCCC(=O)OC[C@H](COP(=O)(O)OCC(O)COP(=O)(O)OC[C@@H](COC(=O)CCCCCCCCCCC(C)C)OC(=O)CCCCCCCCCC(C)C)OC(=O)CCCCCCCCCC(C)C. The zero-order valence-electron chi connectivity index (χ0n) is 55.9. The van der Waals surface area contributed by atoms with Gasteiger partial charge in [0.1, 0.15) is 19.3 Å². The van der Waals surface area contributed by atoms with E-state index in [1.165, 1.54) is 128 Å². The molecule has 0 spiro atoms. The summed E-state index contributed by atoms with van der Waals surface area (Å²) in [5.74, 6) is 0.762. The van der Waals surface area contributed by atoms with Gasteiger partial charge in [-0.3, -0.25) is 37.3 Å². The van der Waals surface area contributed by atoms with Crippen molar-refractivity contribution in [1.29, 1.82) is 0 Å². The molecule has 0 aromatic carbocycles. The highest BCUT2D eigenvalue weighted by atomic mass is 31.2. The Balaban J connectivity index is 5.22. The van der Waals surface area contributed by atoms with Gasteiger partial charge in [-0.15, -0.1) is 0 Å². The third-order valence-electron chi connectivity index (χ3n) is 15.3. The van der Waals surface area contributed by atoms with Gasteiger partial charge in [-0.05, 0) is 49.4 Å². The number of ether oxygens (including phenoxy) is 4. The summed E-state index contributed by atoms with van der Waals surface area (Å²) in [6.07, 6.45) is 37.8. The standard InChI is InChI=1S/C67H130O17P2/c1-57(2)43-35-27-19-13-11-9-10-12-14-23-31-39-47-64(69)77-53-62(83-66(71)49-41-33-25-17-21-29-37-45-59(5)6)55-81-85(73,74)79-51-61(68)52-80-86(75,76)82-56-63(84-67(72)50-42-34-26-18-22-30-38-46-60(7)8)54-78-65(70)48-40-32-24-16-15-20-28-36-44-58(3)4/h57-63,68H,9-56H2,1-8H3,(H,73,74)(H,75,76)/t61?,62-,63-/m1/s1. The highest BCUT2D eigenvalue weighted by Gasteiger charge is 2.30. The van der Waals surface area contributed by atoms with Crippen LogP contribution in [0.2, 0.25) is 0 Å². The second kappa shape index (κ2) is 57.0. The Kier molecular flexibility index (Phi) is 55.7. The Labute approximate surface area is 524 Å². The van der Waals surface area contributed by atoms with Crippen molar-refractivity contribution in [2.45, 2.75) is 343 Å². The summed E-state index contributed by atoms with van der Waals surface area (Å²) in [5, 5.41) is 10.6. The van der Waals surface area contributed by atoms with Gasteiger partial charge in [0.05, 0.1) is 26.4 Å². The van der Waals surface area contributed by atoms with Gasteiger partial charge in [0.15, 0.2) is 12.2 Å². The molecule has 0 aliphatic rings. The lowest BCUT2D eigenvalue weighted by Crippen LogP contribution is -2.30. The van der Waals surface area contributed by atoms with Gasteiger partial charge in [-0.2, -0.15) is 0 Å². The predicted octanol–water partition coefficient (Wildman–Crippen LogP) is 18.5. The maximum Gasteiger partial charge on any atom is 0.472 e. The second-order valence-electron chi connectivity index (χ2n) is 26.1. The number of aliphatic hydroxyl groups is 1. The maximum atomic E-state index is 13.0. The van der Waals surface area contributed by atoms with Crippen LogP contribution in [0.4, 0.5) is 0 Å². The van der Waals surface area contributed by atoms with E-state index in [4.69, 9.17) is 37.0 Å². The van der Waals surface area contributed by atoms with E-state index in [1.807, 2.05) is 0 Å². The molecule has 0 heterocycles. The van der Waals surface area contributed by atoms with Crippen molar-refractivity contribution in [2.24, 2.45) is 23.7 Å². The molecule has 86 heavy (non-hydrogen) atoms. The van der Waals surface area contributed by atoms with Crippen molar-refractivity contribution in [3.8, 4) is 0 Å². The normalized spacial score (nSPS) is 14.4. The number of phosphoric ester groups is 2. The lowest BCUT2D eigenvalue weighted by Gasteiger charge is -2.21. The number of hydrogen-bond acceptors (Lipinski definition) is 15. The van der Waals surface area contributed by atoms with Crippen molar-refractivity contribution in [1.82, 2.24) is 0 Å². The van der Waals surface area contributed by atoms with Crippen molar-refractivity contribution >= 4 is 39.5 Å². The summed E-state index contributed by atoms with van der Waals surface area (Å²) >= 11 is 0. The summed E-state index contributed by atoms with van der Waals surface area (Å²) in [7, 11) is -9.89. The minimum absolute atomic E-state index is 0.102. The van der Waals surface area contributed by atoms with E-state index in [2.05, 4.69) is 55.4 Å². The Bertz CT molecular complexity index is 1710. The third kappa shape index (κ3) is 60.9. The van der Waals surface area contributed by atoms with Crippen molar-refractivity contribution in [3.63, 3.8) is 0 Å². The first-order valence-corrected chi connectivity index (χ1v) is 37.7. The molecule has 3 N–H and O–H groups in total. The van der Waals surface area contributed by atoms with Crippen LogP contribution in [-0.2, 0) is 65.4 Å². The zero-order chi connectivity index (χ0) is 63.9. The zero-order valence-corrected chi connectivity index (χ0v) is 57.7. The van der Waals surface area contributed by atoms with E-state index in [0.717, 1.165) is 102 Å². The molecule has 0 fully saturated rings. The third-order valence-corrected chi connectivity index (χ3v) is 17.2. The highest BCUT2D eigenvalue weighted by molar-refractivity contribution is 7.47. The fourth-order valence-electron chi connectivity index (χ4n) is 9.96. The Morgan fingerprint density at radius 2 is 0.488 bits per heavy atom. The van der Waals surface area contributed by atoms with Gasteiger partial charge in [0.25, 0.3) is 0 Å². The quantitative estimate of drug-likeness (QED) is 0.0222. The van der Waals surface area contributed by atoms with Crippen LogP contribution in [0.25, 0.3) is 0 Å². The van der Waals surface area contributed by atoms with Crippen LogP contribution in [0.15, 0.2) is 0 Å². The van der Waals surface area contributed by atoms with Gasteiger partial charge >= 0.3 is 39.5 Å². The van der Waals surface area contributed by atoms with Crippen LogP contribution in [0, 0.1) is 23.7 Å². The number of carbonyl (C=O) groups excluding carboxylic acids is 4. The molecule has 0 rings (SSSR count). The second-order valence-corrected chi connectivity index (χ2v) is 29.0. The number of hydrogen-bond donors (Lipinski definition) is 3. The molecule has 0 aliphatic carbocycles. The lowest BCUT2D eigenvalue weighted by molar-refractivity contribution is -0.161. The fourth-order valence-corrected chi connectivity index (χ4v) is 11.5. The monoisotopic (exact) mass is 1270 g/mol. The molecule has 0 aliphatic heterocycles. The van der Waals surface area contributed by atoms with Crippen LogP contribution >= 0.6 is 15.6 Å². The van der Waals surface area contributed by atoms with Crippen LogP contribution < -0.4 is 0 Å². The molecule has 19 heteroatoms. The molecule has 0 bridgehead atoms. The molecule has 0 saturated carbocycles. The molecule has 3 unspecified atom stereocenters. The number of phosphoric acid groups is 2. The molecule has 0 radical (unpaired) electrons. The minimum Gasteiger partial charge on any atom is -0.462 e. The smallest absolute Gasteiger partial charge is 0.462 e. The van der Waals surface area contributed by atoms with E-state index in [-0.39, 0.29) is 25.7 Å². The highest BCUT2D eigenvalue weighted by Crippen LogP contribution is 2.45. The minimum atomic E-state index is -4.95. The van der Waals surface area contributed by atoms with Gasteiger partial charge in [0, 0.05) is 25.7 Å². The Hall–Kier alpha value is -1.94. The molecular formula is C67H130O17P2. The number of aliphatic hydroxyl groups excluding tert-OH is 1. The van der Waals surface area contributed by atoms with Crippen LogP contribution in [-0.4, -0.2) is 96.7 Å². The average molecular weight is 1270 g/mol. The van der Waals surface area contributed by atoms with Crippen LogP contribution in [0.1, 0.15) is 325 Å². The molecule has 17 nitrogen and oxygen atoms in total. The van der Waals surface area contributed by atoms with E-state index >= 15 is 0 Å². The first-order valence-electron chi connectivity index (χ1n) is 34.7. The fraction of sp³-hybridized carbons (Fsp3) is 0.940. The van der Waals surface area contributed by atoms with Gasteiger partial charge in [0.2, 0.25) is 0 Å². The van der Waals surface area contributed by atoms with E-state index in [0.29, 0.717) is 37.5 Å². The summed E-state index contributed by atoms with van der Waals surface area (Å²) in [6.45, 7) is 14.0. The molecule has 0 amide bonds. The Morgan fingerprint density at radius 1 is 0.291 bits per heavy atom. The van der Waals surface area contributed by atoms with E-state index in [9.17, 15) is 43.2 Å². The van der Waals surface area contributed by atoms with Crippen LogP contribution in [0.5, 0.6) is 0 Å². The van der Waals surface area contributed by atoms with E-state index in [1.54, 1.807) is 0 Å². The van der Waals surface area contributed by atoms with Crippen molar-refractivity contribution in [2.75, 3.05) is 39.6 Å². The molecule has 0 aromatic rings. The number of unbranched alkanes of at least 4 members (excludes halogenated alkanes) is 30. The van der Waals surface area contributed by atoms with Crippen molar-refractivity contribution < 1.29 is 80.2 Å². The lowest BCUT2D eigenvalue weighted by atomic mass is 10.0. The number of esters is 4. The average Bonchev–Trinajstić information content (AvgIpc) is 3.67. The molecule has 0 saturated heterocycles. The first-order chi connectivity index (χ1) is 41.1. The predicted molar refractivity (Wildman–Crippen MR) is 344 cm³/mol. The molecule has 510 valence electrons. The maximum absolute atomic E-state index is 13.0. The summed E-state index contributed by atoms with van der Waals surface area (Å²) in [6, 6.07) is 0. The van der Waals surface area contributed by atoms with Crippen molar-refractivity contribution in [3.05, 3.63) is 0 Å².